The molecule has 3 heterocycles. The molecule has 3 aliphatic rings. The smallest absolute Gasteiger partial charge is 0.403 e. The fraction of sp³-hybridized carbons (Fsp3) is 1.00. The van der Waals surface area contributed by atoms with Crippen LogP contribution in [0.1, 0.15) is 6.92 Å². The molecule has 0 radical (unpaired) electrons. The quantitative estimate of drug-likeness (QED) is 0.535. The highest BCUT2D eigenvalue weighted by Gasteiger charge is 2.55. The average Bonchev–Trinajstić information content (AvgIpc) is 2.68. The summed E-state index contributed by atoms with van der Waals surface area (Å²) in [5, 5.41) is 0. The number of rotatable bonds is 0. The standard InChI is InChI=1S/C8H14B2O5/c1-4-5-6(13-9(2)12-5)7-8(11-4)15-10(3)14-7/h4-8H,1-3H3/t4-,5+,6+,7-,8-/m0/s1. The molecule has 0 spiro atoms. The average molecular weight is 212 g/mol. The summed E-state index contributed by atoms with van der Waals surface area (Å²) in [5.74, 6) is 0. The van der Waals surface area contributed by atoms with Gasteiger partial charge in [-0.1, -0.05) is 0 Å². The van der Waals surface area contributed by atoms with Gasteiger partial charge in [-0.2, -0.15) is 0 Å². The summed E-state index contributed by atoms with van der Waals surface area (Å²) >= 11 is 0. The summed E-state index contributed by atoms with van der Waals surface area (Å²) in [7, 11) is -0.422. The number of fused-ring (bicyclic) bond motifs is 3. The number of hydrogen-bond acceptors (Lipinski definition) is 5. The Bertz CT molecular complexity index is 265. The minimum absolute atomic E-state index is 0.0184. The van der Waals surface area contributed by atoms with Gasteiger partial charge in [0.15, 0.2) is 6.29 Å². The van der Waals surface area contributed by atoms with E-state index in [4.69, 9.17) is 23.4 Å². The molecule has 0 unspecified atom stereocenters. The van der Waals surface area contributed by atoms with Crippen LogP contribution in [0.15, 0.2) is 0 Å². The molecule has 0 amide bonds. The van der Waals surface area contributed by atoms with Crippen molar-refractivity contribution in [2.45, 2.75) is 51.3 Å². The monoisotopic (exact) mass is 212 g/mol. The van der Waals surface area contributed by atoms with Gasteiger partial charge in [-0.3, -0.25) is 0 Å². The lowest BCUT2D eigenvalue weighted by Crippen LogP contribution is -2.53. The molecular weight excluding hydrogens is 198 g/mol. The Hall–Kier alpha value is -0.0701. The van der Waals surface area contributed by atoms with E-state index < -0.39 is 0 Å². The van der Waals surface area contributed by atoms with Crippen LogP contribution in [-0.4, -0.2) is 44.9 Å². The fourth-order valence-electron chi connectivity index (χ4n) is 2.49. The van der Waals surface area contributed by atoms with Crippen LogP contribution in [0.2, 0.25) is 13.6 Å². The molecule has 7 heteroatoms. The molecule has 0 aliphatic carbocycles. The van der Waals surface area contributed by atoms with Crippen LogP contribution in [0, 0.1) is 0 Å². The molecule has 3 aliphatic heterocycles. The first-order valence-corrected chi connectivity index (χ1v) is 5.42. The summed E-state index contributed by atoms with van der Waals surface area (Å²) < 4.78 is 28.1. The van der Waals surface area contributed by atoms with Crippen LogP contribution in [0.4, 0.5) is 0 Å². The third-order valence-corrected chi connectivity index (χ3v) is 3.10. The summed E-state index contributed by atoms with van der Waals surface area (Å²) in [5.41, 5.74) is 0. The Kier molecular flexibility index (Phi) is 2.33. The van der Waals surface area contributed by atoms with Crippen LogP contribution in [0.25, 0.3) is 0 Å². The maximum atomic E-state index is 5.69. The molecule has 3 fully saturated rings. The number of ether oxygens (including phenoxy) is 1. The summed E-state index contributed by atoms with van der Waals surface area (Å²) in [4.78, 5) is 0. The van der Waals surface area contributed by atoms with E-state index in [0.717, 1.165) is 0 Å². The van der Waals surface area contributed by atoms with E-state index in [1.54, 1.807) is 0 Å². The molecule has 0 aromatic heterocycles. The molecule has 15 heavy (non-hydrogen) atoms. The Morgan fingerprint density at radius 1 is 0.800 bits per heavy atom. The van der Waals surface area contributed by atoms with Gasteiger partial charge in [-0.15, -0.1) is 0 Å². The van der Waals surface area contributed by atoms with Gasteiger partial charge < -0.3 is 23.4 Å². The van der Waals surface area contributed by atoms with Gasteiger partial charge in [0.2, 0.25) is 0 Å². The van der Waals surface area contributed by atoms with E-state index in [0.29, 0.717) is 0 Å². The van der Waals surface area contributed by atoms with Gasteiger partial charge in [-0.05, 0) is 20.6 Å². The molecule has 0 aromatic carbocycles. The second kappa shape index (κ2) is 3.46. The first kappa shape index (κ1) is 10.1. The molecule has 0 aromatic rings. The lowest BCUT2D eigenvalue weighted by Gasteiger charge is -2.37. The lowest BCUT2D eigenvalue weighted by molar-refractivity contribution is -0.209. The van der Waals surface area contributed by atoms with Crippen molar-refractivity contribution >= 4 is 14.2 Å². The van der Waals surface area contributed by atoms with E-state index in [2.05, 4.69) is 0 Å². The zero-order valence-electron chi connectivity index (χ0n) is 9.08. The highest BCUT2D eigenvalue weighted by molar-refractivity contribution is 6.44. The van der Waals surface area contributed by atoms with Crippen molar-refractivity contribution in [1.29, 1.82) is 0 Å². The molecular formula is C8H14B2O5. The maximum absolute atomic E-state index is 5.69. The van der Waals surface area contributed by atoms with Crippen molar-refractivity contribution in [3.63, 3.8) is 0 Å². The van der Waals surface area contributed by atoms with E-state index >= 15 is 0 Å². The fourth-order valence-corrected chi connectivity index (χ4v) is 2.49. The van der Waals surface area contributed by atoms with Gasteiger partial charge in [0, 0.05) is 0 Å². The summed E-state index contributed by atoms with van der Waals surface area (Å²) in [6.45, 7) is 5.72. The van der Waals surface area contributed by atoms with Crippen LogP contribution in [-0.2, 0) is 23.4 Å². The summed E-state index contributed by atoms with van der Waals surface area (Å²) in [6, 6.07) is 0. The van der Waals surface area contributed by atoms with Crippen molar-refractivity contribution in [1.82, 2.24) is 0 Å². The third-order valence-electron chi connectivity index (χ3n) is 3.10. The molecule has 0 bridgehead atoms. The van der Waals surface area contributed by atoms with Crippen molar-refractivity contribution in [2.75, 3.05) is 0 Å². The zero-order valence-corrected chi connectivity index (χ0v) is 9.08. The highest BCUT2D eigenvalue weighted by atomic mass is 16.8. The van der Waals surface area contributed by atoms with E-state index in [-0.39, 0.29) is 44.9 Å². The summed E-state index contributed by atoms with van der Waals surface area (Å²) in [6.07, 6.45) is -0.611. The normalized spacial score (nSPS) is 49.4. The third kappa shape index (κ3) is 1.54. The van der Waals surface area contributed by atoms with Gasteiger partial charge in [0.25, 0.3) is 0 Å². The predicted molar refractivity (Wildman–Crippen MR) is 53.3 cm³/mol. The van der Waals surface area contributed by atoms with Crippen LogP contribution in [0.5, 0.6) is 0 Å². The predicted octanol–water partition coefficient (Wildman–Crippen LogP) is 0.167. The second-order valence-electron chi connectivity index (χ2n) is 4.28. The van der Waals surface area contributed by atoms with Crippen LogP contribution in [0.3, 0.4) is 0 Å². The minimum atomic E-state index is -0.315. The van der Waals surface area contributed by atoms with Gasteiger partial charge in [-0.25, -0.2) is 0 Å². The van der Waals surface area contributed by atoms with Crippen molar-refractivity contribution in [2.24, 2.45) is 0 Å². The Morgan fingerprint density at radius 3 is 2.20 bits per heavy atom. The first-order valence-electron chi connectivity index (χ1n) is 5.42. The van der Waals surface area contributed by atoms with Crippen molar-refractivity contribution < 1.29 is 23.4 Å². The molecule has 82 valence electrons. The molecule has 5 nitrogen and oxygen atoms in total. The number of hydrogen-bond donors (Lipinski definition) is 0. The zero-order chi connectivity index (χ0) is 10.6. The largest absolute Gasteiger partial charge is 0.455 e. The van der Waals surface area contributed by atoms with E-state index in [1.165, 1.54) is 0 Å². The van der Waals surface area contributed by atoms with Gasteiger partial charge in [0.05, 0.1) is 18.3 Å². The molecule has 5 atom stereocenters. The highest BCUT2D eigenvalue weighted by Crippen LogP contribution is 2.36. The van der Waals surface area contributed by atoms with E-state index in [9.17, 15) is 0 Å². The van der Waals surface area contributed by atoms with Crippen molar-refractivity contribution in [3.05, 3.63) is 0 Å². The molecule has 0 saturated carbocycles. The Morgan fingerprint density at radius 2 is 1.40 bits per heavy atom. The minimum Gasteiger partial charge on any atom is -0.403 e. The van der Waals surface area contributed by atoms with Crippen LogP contribution >= 0.6 is 0 Å². The Balaban J connectivity index is 1.82. The lowest BCUT2D eigenvalue weighted by atomic mass is 9.96. The van der Waals surface area contributed by atoms with Gasteiger partial charge in [0.1, 0.15) is 6.10 Å². The first-order chi connectivity index (χ1) is 7.15. The second-order valence-corrected chi connectivity index (χ2v) is 4.28. The van der Waals surface area contributed by atoms with Crippen molar-refractivity contribution in [3.8, 4) is 0 Å². The Labute approximate surface area is 89.6 Å². The molecule has 3 rings (SSSR count). The van der Waals surface area contributed by atoms with E-state index in [1.807, 2.05) is 20.6 Å². The molecule has 0 N–H and O–H groups in total. The van der Waals surface area contributed by atoms with Crippen LogP contribution < -0.4 is 0 Å². The maximum Gasteiger partial charge on any atom is 0.455 e. The van der Waals surface area contributed by atoms with Gasteiger partial charge >= 0.3 is 14.2 Å². The molecule has 3 saturated heterocycles. The SMILES string of the molecule is CB1O[C@@H]2O[C@@H](C)[C@H]3OB(C)O[C@H]3[C@@H]2O1. The topological polar surface area (TPSA) is 46.2 Å².